The molecule has 0 N–H and O–H groups in total. The monoisotopic (exact) mass is 103 g/mol. The van der Waals surface area contributed by atoms with Gasteiger partial charge in [0, 0.05) is 35.4 Å². The third-order valence-electron chi connectivity index (χ3n) is 0.566. The van der Waals surface area contributed by atoms with Gasteiger partial charge in [0.2, 0.25) is 0 Å². The summed E-state index contributed by atoms with van der Waals surface area (Å²) in [6.45, 7) is 0. The molecule has 0 aliphatic carbocycles. The first-order valence-electron chi connectivity index (χ1n) is 1.85. The Bertz CT molecular complexity index is 80.0. The van der Waals surface area contributed by atoms with Crippen molar-refractivity contribution in [2.75, 3.05) is 0 Å². The normalized spacial score (nSPS) is 6.86. The maximum Gasteiger partial charge on any atom is 0.0267 e. The standard InChI is InChI=1S/C5H5N.Mg/c1-2-4-6-5-3-1;/h1-5H;. The molecule has 0 spiro atoms. The molecule has 7 heavy (non-hydrogen) atoms. The fraction of sp³-hybridized carbons (Fsp3) is 0. The summed E-state index contributed by atoms with van der Waals surface area (Å²) in [6, 6.07) is 5.72. The molecule has 0 bridgehead atoms. The zero-order valence-electron chi connectivity index (χ0n) is 4.04. The summed E-state index contributed by atoms with van der Waals surface area (Å²) in [5.74, 6) is 0. The largest absolute Gasteiger partial charge is 0.265 e. The van der Waals surface area contributed by atoms with Crippen LogP contribution in [0.5, 0.6) is 0 Å². The molecule has 0 aromatic carbocycles. The molecule has 0 aliphatic heterocycles. The lowest BCUT2D eigenvalue weighted by molar-refractivity contribution is 1.33. The van der Waals surface area contributed by atoms with Crippen LogP contribution in [0.3, 0.4) is 0 Å². The lowest BCUT2D eigenvalue weighted by Crippen LogP contribution is -1.58. The summed E-state index contributed by atoms with van der Waals surface area (Å²) >= 11 is 0. The highest BCUT2D eigenvalue weighted by molar-refractivity contribution is 5.75. The van der Waals surface area contributed by atoms with Gasteiger partial charge in [0.15, 0.2) is 0 Å². The fourth-order valence-electron chi connectivity index (χ4n) is 0.313. The van der Waals surface area contributed by atoms with E-state index in [1.165, 1.54) is 0 Å². The molecule has 0 amide bonds. The van der Waals surface area contributed by atoms with Crippen molar-refractivity contribution in [3.8, 4) is 0 Å². The Hall–Kier alpha value is -0.0838. The van der Waals surface area contributed by atoms with E-state index in [1.807, 2.05) is 18.2 Å². The molecule has 0 saturated heterocycles. The molecule has 1 aromatic rings. The third kappa shape index (κ3) is 2.59. The van der Waals surface area contributed by atoms with Crippen molar-refractivity contribution in [2.45, 2.75) is 0 Å². The SMILES string of the molecule is [Mg].c1ccncc1. The first-order valence-corrected chi connectivity index (χ1v) is 1.85. The molecular weight excluding hydrogens is 98.4 g/mol. The molecule has 0 aliphatic rings. The summed E-state index contributed by atoms with van der Waals surface area (Å²) in [7, 11) is 0. The van der Waals surface area contributed by atoms with Crippen LogP contribution in [-0.2, 0) is 0 Å². The van der Waals surface area contributed by atoms with E-state index in [4.69, 9.17) is 0 Å². The third-order valence-corrected chi connectivity index (χ3v) is 0.566. The zero-order valence-corrected chi connectivity index (χ0v) is 5.46. The second-order valence-corrected chi connectivity index (χ2v) is 1.02. The van der Waals surface area contributed by atoms with E-state index in [9.17, 15) is 0 Å². The molecular formula is C5H5MgN. The van der Waals surface area contributed by atoms with Gasteiger partial charge in [-0.05, 0) is 12.1 Å². The molecule has 0 saturated carbocycles. The summed E-state index contributed by atoms with van der Waals surface area (Å²) in [5, 5.41) is 0. The molecule has 0 fully saturated rings. The summed E-state index contributed by atoms with van der Waals surface area (Å²) in [4.78, 5) is 3.78. The van der Waals surface area contributed by atoms with Gasteiger partial charge in [-0.25, -0.2) is 0 Å². The Morgan fingerprint density at radius 2 is 1.43 bits per heavy atom. The van der Waals surface area contributed by atoms with Gasteiger partial charge in [0.05, 0.1) is 0 Å². The summed E-state index contributed by atoms with van der Waals surface area (Å²) in [5.41, 5.74) is 0. The highest BCUT2D eigenvalue weighted by atomic mass is 24.3. The van der Waals surface area contributed by atoms with Gasteiger partial charge in [-0.15, -0.1) is 0 Å². The second-order valence-electron chi connectivity index (χ2n) is 1.02. The number of hydrogen-bond donors (Lipinski definition) is 0. The molecule has 0 unspecified atom stereocenters. The number of hydrogen-bond acceptors (Lipinski definition) is 1. The molecule has 1 rings (SSSR count). The van der Waals surface area contributed by atoms with Gasteiger partial charge in [-0.1, -0.05) is 6.07 Å². The molecule has 32 valence electrons. The predicted molar refractivity (Wildman–Crippen MR) is 30.0 cm³/mol. The predicted octanol–water partition coefficient (Wildman–Crippen LogP) is 0.701. The van der Waals surface area contributed by atoms with Crippen LogP contribution in [0.25, 0.3) is 0 Å². The minimum atomic E-state index is 0. The van der Waals surface area contributed by atoms with E-state index in [2.05, 4.69) is 4.98 Å². The van der Waals surface area contributed by atoms with Crippen molar-refractivity contribution < 1.29 is 0 Å². The number of aromatic nitrogens is 1. The second kappa shape index (κ2) is 4.09. The highest BCUT2D eigenvalue weighted by Gasteiger charge is 1.58. The number of pyridine rings is 1. The topological polar surface area (TPSA) is 12.9 Å². The minimum Gasteiger partial charge on any atom is -0.265 e. The molecule has 1 nitrogen and oxygen atoms in total. The van der Waals surface area contributed by atoms with Crippen molar-refractivity contribution in [2.24, 2.45) is 0 Å². The van der Waals surface area contributed by atoms with Crippen LogP contribution in [0.4, 0.5) is 0 Å². The first-order chi connectivity index (χ1) is 3.00. The van der Waals surface area contributed by atoms with Crippen LogP contribution < -0.4 is 0 Å². The van der Waals surface area contributed by atoms with Crippen LogP contribution in [-0.4, -0.2) is 28.0 Å². The molecule has 0 atom stereocenters. The molecule has 1 heterocycles. The maximum absolute atomic E-state index is 3.78. The van der Waals surface area contributed by atoms with E-state index >= 15 is 0 Å². The van der Waals surface area contributed by atoms with Crippen LogP contribution >= 0.6 is 0 Å². The molecule has 2 heteroatoms. The highest BCUT2D eigenvalue weighted by Crippen LogP contribution is 1.73. The van der Waals surface area contributed by atoms with Gasteiger partial charge in [0.25, 0.3) is 0 Å². The van der Waals surface area contributed by atoms with E-state index in [0.717, 1.165) is 0 Å². The Kier molecular flexibility index (Phi) is 4.04. The molecule has 1 aromatic heterocycles. The van der Waals surface area contributed by atoms with Crippen LogP contribution in [0.1, 0.15) is 0 Å². The van der Waals surface area contributed by atoms with Gasteiger partial charge in [-0.2, -0.15) is 0 Å². The van der Waals surface area contributed by atoms with Gasteiger partial charge >= 0.3 is 0 Å². The van der Waals surface area contributed by atoms with Gasteiger partial charge in [0.1, 0.15) is 0 Å². The average molecular weight is 103 g/mol. The van der Waals surface area contributed by atoms with Crippen molar-refractivity contribution in [1.82, 2.24) is 4.98 Å². The van der Waals surface area contributed by atoms with Gasteiger partial charge in [-0.3, -0.25) is 4.98 Å². The molecule has 2 radical (unpaired) electrons. The van der Waals surface area contributed by atoms with Crippen molar-refractivity contribution in [3.05, 3.63) is 30.6 Å². The van der Waals surface area contributed by atoms with Crippen LogP contribution in [0, 0.1) is 0 Å². The number of nitrogens with zero attached hydrogens (tertiary/aromatic N) is 1. The average Bonchev–Trinajstić information content (AvgIpc) is 1.72. The van der Waals surface area contributed by atoms with E-state index in [0.29, 0.717) is 0 Å². The minimum absolute atomic E-state index is 0. The fourth-order valence-corrected chi connectivity index (χ4v) is 0.313. The maximum atomic E-state index is 3.78. The lowest BCUT2D eigenvalue weighted by atomic mass is 10.5. The Balaban J connectivity index is 0.000000360. The number of rotatable bonds is 0. The Labute approximate surface area is 58.9 Å². The zero-order chi connectivity index (χ0) is 4.24. The van der Waals surface area contributed by atoms with E-state index < -0.39 is 0 Å². The van der Waals surface area contributed by atoms with E-state index in [1.54, 1.807) is 12.4 Å². The van der Waals surface area contributed by atoms with E-state index in [-0.39, 0.29) is 23.1 Å². The first kappa shape index (κ1) is 6.92. The lowest BCUT2D eigenvalue weighted by Gasteiger charge is -1.70. The quantitative estimate of drug-likeness (QED) is 0.441. The van der Waals surface area contributed by atoms with Crippen LogP contribution in [0.2, 0.25) is 0 Å². The summed E-state index contributed by atoms with van der Waals surface area (Å²) < 4.78 is 0. The van der Waals surface area contributed by atoms with Crippen molar-refractivity contribution >= 4 is 23.1 Å². The Morgan fingerprint density at radius 1 is 0.857 bits per heavy atom. The van der Waals surface area contributed by atoms with Crippen molar-refractivity contribution in [1.29, 1.82) is 0 Å². The Morgan fingerprint density at radius 3 is 1.57 bits per heavy atom. The van der Waals surface area contributed by atoms with Crippen LogP contribution in [0.15, 0.2) is 30.6 Å². The van der Waals surface area contributed by atoms with Gasteiger partial charge < -0.3 is 0 Å². The van der Waals surface area contributed by atoms with Crippen molar-refractivity contribution in [3.63, 3.8) is 0 Å². The smallest absolute Gasteiger partial charge is 0.0267 e. The summed E-state index contributed by atoms with van der Waals surface area (Å²) in [6.07, 6.45) is 3.50.